The number of aromatic nitrogens is 1. The third-order valence-corrected chi connectivity index (χ3v) is 4.41. The molecule has 17 heavy (non-hydrogen) atoms. The topological polar surface area (TPSA) is 42.0 Å². The number of amides is 1. The van der Waals surface area contributed by atoms with Crippen LogP contribution in [0.15, 0.2) is 32.0 Å². The predicted octanol–water partition coefficient (Wildman–Crippen LogP) is 4.23. The van der Waals surface area contributed by atoms with E-state index in [0.717, 1.165) is 13.3 Å². The fourth-order valence-corrected chi connectivity index (χ4v) is 4.03. The van der Waals surface area contributed by atoms with Crippen LogP contribution in [0.2, 0.25) is 0 Å². The number of rotatable bonds is 2. The molecule has 0 spiro atoms. The van der Waals surface area contributed by atoms with E-state index in [0.29, 0.717) is 11.3 Å². The third kappa shape index (κ3) is 3.14. The molecule has 0 atom stereocenters. The Morgan fingerprint density at radius 3 is 2.71 bits per heavy atom. The van der Waals surface area contributed by atoms with E-state index in [4.69, 9.17) is 0 Å². The Labute approximate surface area is 120 Å². The van der Waals surface area contributed by atoms with Gasteiger partial charge in [-0.1, -0.05) is 0 Å². The lowest BCUT2D eigenvalue weighted by atomic mass is 10.3. The quantitative estimate of drug-likeness (QED) is 0.853. The van der Waals surface area contributed by atoms with Gasteiger partial charge in [0.15, 0.2) is 0 Å². The van der Waals surface area contributed by atoms with Crippen molar-refractivity contribution in [1.29, 1.82) is 0 Å². The molecule has 0 aliphatic heterocycles. The van der Waals surface area contributed by atoms with Crippen molar-refractivity contribution in [2.75, 3.05) is 5.32 Å². The molecule has 2 heterocycles. The summed E-state index contributed by atoms with van der Waals surface area (Å²) in [6.45, 7) is 1.90. The number of pyridine rings is 1. The second-order valence-electron chi connectivity index (χ2n) is 3.38. The zero-order valence-electron chi connectivity index (χ0n) is 8.83. The number of nitrogens with one attached hydrogen (secondary N) is 1. The summed E-state index contributed by atoms with van der Waals surface area (Å²) < 4.78 is 1.72. The fourth-order valence-electron chi connectivity index (χ4n) is 1.24. The van der Waals surface area contributed by atoms with Crippen LogP contribution in [0.3, 0.4) is 0 Å². The van der Waals surface area contributed by atoms with Crippen molar-refractivity contribution >= 4 is 54.8 Å². The number of halogens is 2. The molecule has 2 aromatic heterocycles. The van der Waals surface area contributed by atoms with Crippen molar-refractivity contribution in [3.05, 3.63) is 43.2 Å². The second kappa shape index (κ2) is 5.29. The van der Waals surface area contributed by atoms with E-state index in [1.54, 1.807) is 12.3 Å². The van der Waals surface area contributed by atoms with Crippen LogP contribution in [0.25, 0.3) is 0 Å². The summed E-state index contributed by atoms with van der Waals surface area (Å²) in [5.41, 5.74) is 2.22. The van der Waals surface area contributed by atoms with Gasteiger partial charge in [-0.05, 0) is 57.0 Å². The van der Waals surface area contributed by atoms with Crippen LogP contribution in [-0.2, 0) is 0 Å². The molecule has 0 aliphatic carbocycles. The number of hydrogen-bond acceptors (Lipinski definition) is 3. The normalized spacial score (nSPS) is 10.3. The molecule has 0 aliphatic rings. The molecular formula is C11H8Br2N2OS. The van der Waals surface area contributed by atoms with Gasteiger partial charge < -0.3 is 5.32 Å². The van der Waals surface area contributed by atoms with E-state index in [1.165, 1.54) is 11.3 Å². The number of carbonyl (C=O) groups is 1. The molecule has 0 saturated heterocycles. The van der Waals surface area contributed by atoms with Gasteiger partial charge in [-0.25, -0.2) is 0 Å². The van der Waals surface area contributed by atoms with E-state index < -0.39 is 0 Å². The summed E-state index contributed by atoms with van der Waals surface area (Å²) in [4.78, 5) is 16.1. The summed E-state index contributed by atoms with van der Waals surface area (Å²) in [6.07, 6.45) is 1.64. The van der Waals surface area contributed by atoms with Crippen molar-refractivity contribution < 1.29 is 4.79 Å². The van der Waals surface area contributed by atoms with Crippen LogP contribution >= 0.6 is 43.2 Å². The van der Waals surface area contributed by atoms with Crippen LogP contribution in [0.5, 0.6) is 0 Å². The molecule has 3 nitrogen and oxygen atoms in total. The van der Waals surface area contributed by atoms with Crippen LogP contribution in [0.4, 0.5) is 5.69 Å². The molecule has 0 unspecified atom stereocenters. The molecule has 2 aromatic rings. The maximum absolute atomic E-state index is 12.0. The number of carbonyl (C=O) groups excluding carboxylic acids is 1. The Morgan fingerprint density at radius 1 is 1.41 bits per heavy atom. The number of anilines is 1. The molecule has 0 radical (unpaired) electrons. The average molecular weight is 376 g/mol. The number of thiophene rings is 1. The first kappa shape index (κ1) is 12.7. The van der Waals surface area contributed by atoms with Crippen molar-refractivity contribution in [2.24, 2.45) is 0 Å². The Kier molecular flexibility index (Phi) is 3.96. The van der Waals surface area contributed by atoms with Crippen molar-refractivity contribution in [3.63, 3.8) is 0 Å². The van der Waals surface area contributed by atoms with E-state index in [-0.39, 0.29) is 5.91 Å². The molecule has 6 heteroatoms. The minimum absolute atomic E-state index is 0.149. The molecule has 0 aromatic carbocycles. The smallest absolute Gasteiger partial charge is 0.257 e. The van der Waals surface area contributed by atoms with Gasteiger partial charge in [-0.15, -0.1) is 11.3 Å². The molecule has 0 saturated carbocycles. The first-order valence-corrected chi connectivity index (χ1v) is 7.15. The lowest BCUT2D eigenvalue weighted by Gasteiger charge is -2.03. The van der Waals surface area contributed by atoms with Crippen LogP contribution in [0, 0.1) is 6.92 Å². The summed E-state index contributed by atoms with van der Waals surface area (Å²) in [6, 6.07) is 5.47. The van der Waals surface area contributed by atoms with E-state index >= 15 is 0 Å². The highest BCUT2D eigenvalue weighted by Gasteiger charge is 2.13. The van der Waals surface area contributed by atoms with Crippen molar-refractivity contribution in [2.45, 2.75) is 6.92 Å². The van der Waals surface area contributed by atoms with Crippen LogP contribution in [0.1, 0.15) is 16.1 Å². The molecule has 1 amide bonds. The zero-order chi connectivity index (χ0) is 12.4. The number of nitrogens with zero attached hydrogens (tertiary/aromatic N) is 1. The van der Waals surface area contributed by atoms with Crippen molar-refractivity contribution in [3.8, 4) is 0 Å². The standard InChI is InChI=1S/C11H8Br2N2OS/c1-6-2-3-7(5-14-6)15-11(16)8-4-9(12)17-10(8)13/h2-5H,1H3,(H,15,16). The molecular weight excluding hydrogens is 368 g/mol. The monoisotopic (exact) mass is 374 g/mol. The molecule has 1 N–H and O–H groups in total. The largest absolute Gasteiger partial charge is 0.321 e. The maximum Gasteiger partial charge on any atom is 0.257 e. The first-order chi connectivity index (χ1) is 8.06. The average Bonchev–Trinajstić information content (AvgIpc) is 2.61. The van der Waals surface area contributed by atoms with Gasteiger partial charge in [0, 0.05) is 5.69 Å². The molecule has 2 rings (SSSR count). The maximum atomic E-state index is 12.0. The van der Waals surface area contributed by atoms with Crippen LogP contribution in [-0.4, -0.2) is 10.9 Å². The lowest BCUT2D eigenvalue weighted by Crippen LogP contribution is -2.11. The molecule has 0 fully saturated rings. The highest BCUT2D eigenvalue weighted by molar-refractivity contribution is 9.12. The van der Waals surface area contributed by atoms with Gasteiger partial charge in [0.1, 0.15) is 0 Å². The molecule has 0 bridgehead atoms. The van der Waals surface area contributed by atoms with Crippen LogP contribution < -0.4 is 5.32 Å². The summed E-state index contributed by atoms with van der Waals surface area (Å²) in [5.74, 6) is -0.149. The van der Waals surface area contributed by atoms with Gasteiger partial charge in [0.2, 0.25) is 0 Å². The number of aryl methyl sites for hydroxylation is 1. The van der Waals surface area contributed by atoms with Crippen molar-refractivity contribution in [1.82, 2.24) is 4.98 Å². The molecule has 88 valence electrons. The highest BCUT2D eigenvalue weighted by atomic mass is 79.9. The third-order valence-electron chi connectivity index (χ3n) is 2.07. The number of hydrogen-bond donors (Lipinski definition) is 1. The Morgan fingerprint density at radius 2 is 2.18 bits per heavy atom. The zero-order valence-corrected chi connectivity index (χ0v) is 12.8. The SMILES string of the molecule is Cc1ccc(NC(=O)c2cc(Br)sc2Br)cn1. The van der Waals surface area contributed by atoms with E-state index in [1.807, 2.05) is 19.1 Å². The predicted molar refractivity (Wildman–Crippen MR) is 76.6 cm³/mol. The second-order valence-corrected chi connectivity index (χ2v) is 7.13. The summed E-state index contributed by atoms with van der Waals surface area (Å²) in [5, 5.41) is 2.79. The van der Waals surface area contributed by atoms with Gasteiger partial charge in [0.05, 0.1) is 25.0 Å². The minimum Gasteiger partial charge on any atom is -0.321 e. The Hall–Kier alpha value is -0.720. The van der Waals surface area contributed by atoms with E-state index in [2.05, 4.69) is 42.2 Å². The summed E-state index contributed by atoms with van der Waals surface area (Å²) >= 11 is 8.16. The van der Waals surface area contributed by atoms with Gasteiger partial charge in [0.25, 0.3) is 5.91 Å². The summed E-state index contributed by atoms with van der Waals surface area (Å²) in [7, 11) is 0. The fraction of sp³-hybridized carbons (Fsp3) is 0.0909. The van der Waals surface area contributed by atoms with Gasteiger partial charge in [-0.2, -0.15) is 0 Å². The highest BCUT2D eigenvalue weighted by Crippen LogP contribution is 2.32. The van der Waals surface area contributed by atoms with Gasteiger partial charge in [-0.3, -0.25) is 9.78 Å². The Bertz CT molecular complexity index is 551. The lowest BCUT2D eigenvalue weighted by molar-refractivity contribution is 0.102. The van der Waals surface area contributed by atoms with Gasteiger partial charge >= 0.3 is 0 Å². The minimum atomic E-state index is -0.149. The Balaban J connectivity index is 2.17. The van der Waals surface area contributed by atoms with E-state index in [9.17, 15) is 4.79 Å². The first-order valence-electron chi connectivity index (χ1n) is 4.75.